The minimum Gasteiger partial charge on any atom is -0.493 e. The van der Waals surface area contributed by atoms with Gasteiger partial charge in [0.15, 0.2) is 18.0 Å². The van der Waals surface area contributed by atoms with Crippen LogP contribution in [0.3, 0.4) is 0 Å². The van der Waals surface area contributed by atoms with E-state index in [4.69, 9.17) is 14.7 Å². The second kappa shape index (κ2) is 7.33. The Kier molecular flexibility index (Phi) is 5.46. The molecule has 1 aliphatic rings. The smallest absolute Gasteiger partial charge is 0.166 e. The fourth-order valence-electron chi connectivity index (χ4n) is 3.20. The third kappa shape index (κ3) is 3.89. The van der Waals surface area contributed by atoms with Crippen LogP contribution in [0.1, 0.15) is 24.8 Å². The normalized spacial score (nSPS) is 17.0. The summed E-state index contributed by atoms with van der Waals surface area (Å²) < 4.78 is 11.6. The van der Waals surface area contributed by atoms with Crippen LogP contribution < -0.4 is 9.47 Å². The number of piperidine rings is 1. The molecule has 0 spiro atoms. The molecule has 2 rings (SSSR count). The van der Waals surface area contributed by atoms with E-state index < -0.39 is 0 Å². The molecule has 1 fully saturated rings. The van der Waals surface area contributed by atoms with Crippen LogP contribution in [0.15, 0.2) is 18.2 Å². The van der Waals surface area contributed by atoms with Crippen molar-refractivity contribution in [3.63, 3.8) is 0 Å². The summed E-state index contributed by atoms with van der Waals surface area (Å²) in [4.78, 5) is 0. The zero-order valence-electron chi connectivity index (χ0n) is 13.1. The van der Waals surface area contributed by atoms with Gasteiger partial charge in [-0.15, -0.1) is 0 Å². The molecule has 21 heavy (non-hydrogen) atoms. The number of ether oxygens (including phenoxy) is 2. The van der Waals surface area contributed by atoms with Gasteiger partial charge < -0.3 is 14.0 Å². The van der Waals surface area contributed by atoms with E-state index in [9.17, 15) is 0 Å². The van der Waals surface area contributed by atoms with E-state index in [1.807, 2.05) is 12.1 Å². The first-order valence-corrected chi connectivity index (χ1v) is 7.66. The molecule has 0 atom stereocenters. The topological polar surface area (TPSA) is 42.2 Å². The number of methoxy groups -OCH3 is 2. The standard InChI is InChI=1S/C17H25N2O2/c1-20-16-7-6-15(14-17(16)21-2)8-12-19(13-9-18)10-4-3-5-11-19/h6-7,14H,3-5,8,10-13H2,1-2H3/q+1. The Hall–Kier alpha value is -1.73. The van der Waals surface area contributed by atoms with E-state index in [0.29, 0.717) is 6.54 Å². The second-order valence-electron chi connectivity index (χ2n) is 5.83. The third-order valence-corrected chi connectivity index (χ3v) is 4.49. The Bertz CT molecular complexity index is 502. The summed E-state index contributed by atoms with van der Waals surface area (Å²) in [6.45, 7) is 3.94. The van der Waals surface area contributed by atoms with Crippen molar-refractivity contribution >= 4 is 0 Å². The molecule has 1 aromatic rings. The molecule has 1 heterocycles. The summed E-state index contributed by atoms with van der Waals surface area (Å²) in [6.07, 6.45) is 4.77. The van der Waals surface area contributed by atoms with Gasteiger partial charge in [-0.2, -0.15) is 5.26 Å². The van der Waals surface area contributed by atoms with Crippen LogP contribution in [0.2, 0.25) is 0 Å². The molecule has 0 aromatic heterocycles. The zero-order chi connectivity index (χ0) is 15.1. The summed E-state index contributed by atoms with van der Waals surface area (Å²) in [6, 6.07) is 8.48. The van der Waals surface area contributed by atoms with Crippen molar-refractivity contribution in [2.24, 2.45) is 0 Å². The Morgan fingerprint density at radius 3 is 2.43 bits per heavy atom. The van der Waals surface area contributed by atoms with Crippen LogP contribution in [0.25, 0.3) is 0 Å². The van der Waals surface area contributed by atoms with Crippen molar-refractivity contribution in [2.75, 3.05) is 40.4 Å². The Morgan fingerprint density at radius 2 is 1.81 bits per heavy atom. The lowest BCUT2D eigenvalue weighted by atomic mass is 10.0. The molecule has 0 bridgehead atoms. The quantitative estimate of drug-likeness (QED) is 0.597. The lowest BCUT2D eigenvalue weighted by Gasteiger charge is -2.39. The van der Waals surface area contributed by atoms with Crippen LogP contribution in [0.5, 0.6) is 11.5 Å². The molecule has 1 aliphatic heterocycles. The lowest BCUT2D eigenvalue weighted by Crippen LogP contribution is -2.52. The number of nitriles is 1. The molecule has 0 aliphatic carbocycles. The van der Waals surface area contributed by atoms with Gasteiger partial charge in [-0.1, -0.05) is 6.07 Å². The highest BCUT2D eigenvalue weighted by Gasteiger charge is 2.29. The van der Waals surface area contributed by atoms with Crippen LogP contribution in [0, 0.1) is 11.3 Å². The van der Waals surface area contributed by atoms with E-state index in [1.54, 1.807) is 14.2 Å². The van der Waals surface area contributed by atoms with Gasteiger partial charge >= 0.3 is 0 Å². The Labute approximate surface area is 127 Å². The molecule has 1 saturated heterocycles. The van der Waals surface area contributed by atoms with Gasteiger partial charge in [0.25, 0.3) is 0 Å². The molecule has 0 radical (unpaired) electrons. The first kappa shape index (κ1) is 15.7. The van der Waals surface area contributed by atoms with Gasteiger partial charge in [0.1, 0.15) is 6.07 Å². The van der Waals surface area contributed by atoms with Gasteiger partial charge in [-0.05, 0) is 37.0 Å². The molecular weight excluding hydrogens is 264 g/mol. The number of rotatable bonds is 6. The number of hydrogen-bond acceptors (Lipinski definition) is 3. The summed E-state index contributed by atoms with van der Waals surface area (Å²) in [5.41, 5.74) is 1.24. The fraction of sp³-hybridized carbons (Fsp3) is 0.588. The van der Waals surface area contributed by atoms with Crippen LogP contribution in [-0.2, 0) is 6.42 Å². The number of quaternary nitrogens is 1. The van der Waals surface area contributed by atoms with E-state index in [1.165, 1.54) is 24.8 Å². The first-order valence-electron chi connectivity index (χ1n) is 7.66. The SMILES string of the molecule is COc1ccc(CC[N+]2(CC#N)CCCCC2)cc1OC. The van der Waals surface area contributed by atoms with E-state index in [0.717, 1.165) is 42.0 Å². The van der Waals surface area contributed by atoms with E-state index in [2.05, 4.69) is 12.1 Å². The number of likely N-dealkylation sites (tertiary alicyclic amines) is 1. The minimum atomic E-state index is 0.632. The van der Waals surface area contributed by atoms with Gasteiger partial charge in [0, 0.05) is 6.42 Å². The highest BCUT2D eigenvalue weighted by molar-refractivity contribution is 5.42. The highest BCUT2D eigenvalue weighted by atomic mass is 16.5. The highest BCUT2D eigenvalue weighted by Crippen LogP contribution is 2.28. The predicted octanol–water partition coefficient (Wildman–Crippen LogP) is 2.77. The predicted molar refractivity (Wildman–Crippen MR) is 82.4 cm³/mol. The molecule has 0 saturated carbocycles. The largest absolute Gasteiger partial charge is 0.493 e. The van der Waals surface area contributed by atoms with Crippen molar-refractivity contribution in [3.05, 3.63) is 23.8 Å². The first-order chi connectivity index (χ1) is 10.2. The monoisotopic (exact) mass is 289 g/mol. The van der Waals surface area contributed by atoms with Crippen molar-refractivity contribution in [3.8, 4) is 17.6 Å². The summed E-state index contributed by atoms with van der Waals surface area (Å²) in [5, 5.41) is 9.13. The molecule has 1 aromatic carbocycles. The maximum absolute atomic E-state index is 9.13. The average molecular weight is 289 g/mol. The van der Waals surface area contributed by atoms with E-state index >= 15 is 0 Å². The average Bonchev–Trinajstić information content (AvgIpc) is 2.54. The Morgan fingerprint density at radius 1 is 1.10 bits per heavy atom. The van der Waals surface area contributed by atoms with E-state index in [-0.39, 0.29) is 0 Å². The fourth-order valence-corrected chi connectivity index (χ4v) is 3.20. The lowest BCUT2D eigenvalue weighted by molar-refractivity contribution is -0.925. The number of nitrogens with zero attached hydrogens (tertiary/aromatic N) is 2. The molecule has 0 unspecified atom stereocenters. The molecule has 0 amide bonds. The van der Waals surface area contributed by atoms with Crippen molar-refractivity contribution in [1.82, 2.24) is 0 Å². The summed E-state index contributed by atoms with van der Waals surface area (Å²) in [5.74, 6) is 1.54. The molecule has 4 heteroatoms. The Balaban J connectivity index is 2.05. The van der Waals surface area contributed by atoms with Crippen molar-refractivity contribution in [2.45, 2.75) is 25.7 Å². The molecule has 0 N–H and O–H groups in total. The molecular formula is C17H25N2O2+. The maximum atomic E-state index is 9.13. The van der Waals surface area contributed by atoms with Gasteiger partial charge in [-0.25, -0.2) is 0 Å². The van der Waals surface area contributed by atoms with Crippen LogP contribution in [0.4, 0.5) is 0 Å². The van der Waals surface area contributed by atoms with Crippen molar-refractivity contribution in [1.29, 1.82) is 5.26 Å². The van der Waals surface area contributed by atoms with Gasteiger partial charge in [0.2, 0.25) is 0 Å². The maximum Gasteiger partial charge on any atom is 0.166 e. The molecule has 114 valence electrons. The number of hydrogen-bond donors (Lipinski definition) is 0. The summed E-state index contributed by atoms with van der Waals surface area (Å²) in [7, 11) is 3.31. The minimum absolute atomic E-state index is 0.632. The second-order valence-corrected chi connectivity index (χ2v) is 5.83. The summed E-state index contributed by atoms with van der Waals surface area (Å²) >= 11 is 0. The van der Waals surface area contributed by atoms with Crippen LogP contribution >= 0.6 is 0 Å². The molecule has 4 nitrogen and oxygen atoms in total. The zero-order valence-corrected chi connectivity index (χ0v) is 13.1. The van der Waals surface area contributed by atoms with Gasteiger partial charge in [0.05, 0.1) is 33.9 Å². The third-order valence-electron chi connectivity index (χ3n) is 4.49. The number of benzene rings is 1. The van der Waals surface area contributed by atoms with Gasteiger partial charge in [-0.3, -0.25) is 0 Å². The van der Waals surface area contributed by atoms with Crippen LogP contribution in [-0.4, -0.2) is 44.9 Å². The van der Waals surface area contributed by atoms with Crippen molar-refractivity contribution < 1.29 is 14.0 Å².